The van der Waals surface area contributed by atoms with Crippen LogP contribution in [-0.2, 0) is 21.1 Å². The van der Waals surface area contributed by atoms with Gasteiger partial charge in [0.05, 0.1) is 22.5 Å². The SMILES string of the molecule is CS(=O)(=O)c1ccc(NCC2CN(Cc3ccccc3)CCO2)c([N+](=O)[O-])c1. The zero-order chi connectivity index (χ0) is 20.1. The zero-order valence-electron chi connectivity index (χ0n) is 15.6. The van der Waals surface area contributed by atoms with E-state index in [1.807, 2.05) is 18.2 Å². The molecule has 1 unspecified atom stereocenters. The molecular weight excluding hydrogens is 382 g/mol. The Bertz CT molecular complexity index is 934. The highest BCUT2D eigenvalue weighted by Gasteiger charge is 2.23. The number of ether oxygens (including phenoxy) is 1. The van der Waals surface area contributed by atoms with Gasteiger partial charge in [-0.05, 0) is 17.7 Å². The van der Waals surface area contributed by atoms with Crippen molar-refractivity contribution in [2.75, 3.05) is 37.8 Å². The molecule has 2 aromatic carbocycles. The number of hydrogen-bond donors (Lipinski definition) is 1. The molecule has 0 aliphatic carbocycles. The van der Waals surface area contributed by atoms with Crippen LogP contribution in [0.2, 0.25) is 0 Å². The summed E-state index contributed by atoms with van der Waals surface area (Å²) in [6, 6.07) is 14.0. The first-order chi connectivity index (χ1) is 13.3. The summed E-state index contributed by atoms with van der Waals surface area (Å²) in [5.74, 6) is 0. The van der Waals surface area contributed by atoms with Crippen molar-refractivity contribution >= 4 is 21.2 Å². The third-order valence-electron chi connectivity index (χ3n) is 4.59. The number of nitrogens with zero attached hydrogens (tertiary/aromatic N) is 2. The largest absolute Gasteiger partial charge is 0.377 e. The van der Waals surface area contributed by atoms with Crippen molar-refractivity contribution < 1.29 is 18.1 Å². The van der Waals surface area contributed by atoms with Crippen molar-refractivity contribution in [1.29, 1.82) is 0 Å². The maximum atomic E-state index is 11.6. The van der Waals surface area contributed by atoms with E-state index in [0.717, 1.165) is 25.4 Å². The van der Waals surface area contributed by atoms with Gasteiger partial charge in [0.1, 0.15) is 5.69 Å². The van der Waals surface area contributed by atoms with E-state index in [1.54, 1.807) is 0 Å². The van der Waals surface area contributed by atoms with E-state index in [1.165, 1.54) is 17.7 Å². The Hall–Kier alpha value is -2.49. The molecule has 1 fully saturated rings. The van der Waals surface area contributed by atoms with Crippen LogP contribution < -0.4 is 5.32 Å². The van der Waals surface area contributed by atoms with Crippen LogP contribution in [0.4, 0.5) is 11.4 Å². The number of nitro benzene ring substituents is 1. The average Bonchev–Trinajstić information content (AvgIpc) is 2.66. The van der Waals surface area contributed by atoms with Gasteiger partial charge in [-0.25, -0.2) is 8.42 Å². The van der Waals surface area contributed by atoms with Gasteiger partial charge in [0.15, 0.2) is 9.84 Å². The highest BCUT2D eigenvalue weighted by Crippen LogP contribution is 2.27. The van der Waals surface area contributed by atoms with Crippen molar-refractivity contribution in [3.8, 4) is 0 Å². The van der Waals surface area contributed by atoms with Crippen LogP contribution in [0.3, 0.4) is 0 Å². The maximum Gasteiger partial charge on any atom is 0.293 e. The summed E-state index contributed by atoms with van der Waals surface area (Å²) in [4.78, 5) is 13.0. The monoisotopic (exact) mass is 405 g/mol. The minimum Gasteiger partial charge on any atom is -0.377 e. The van der Waals surface area contributed by atoms with Gasteiger partial charge in [-0.2, -0.15) is 0 Å². The van der Waals surface area contributed by atoms with Crippen LogP contribution in [0.25, 0.3) is 0 Å². The van der Waals surface area contributed by atoms with E-state index in [2.05, 4.69) is 22.3 Å². The molecule has 28 heavy (non-hydrogen) atoms. The van der Waals surface area contributed by atoms with Crippen LogP contribution in [0.5, 0.6) is 0 Å². The second-order valence-electron chi connectivity index (χ2n) is 6.80. The molecule has 1 heterocycles. The number of nitrogens with one attached hydrogen (secondary N) is 1. The van der Waals surface area contributed by atoms with Crippen LogP contribution in [-0.4, -0.2) is 56.8 Å². The first-order valence-electron chi connectivity index (χ1n) is 8.93. The average molecular weight is 405 g/mol. The predicted molar refractivity (Wildman–Crippen MR) is 106 cm³/mol. The molecule has 150 valence electrons. The molecule has 1 atom stereocenters. The number of hydrogen-bond acceptors (Lipinski definition) is 7. The number of sulfone groups is 1. The molecule has 0 saturated carbocycles. The number of morpholine rings is 1. The van der Waals surface area contributed by atoms with Crippen molar-refractivity contribution in [1.82, 2.24) is 4.90 Å². The molecule has 3 rings (SSSR count). The summed E-state index contributed by atoms with van der Waals surface area (Å²) in [6.07, 6.45) is 0.905. The van der Waals surface area contributed by atoms with Crippen molar-refractivity contribution in [3.05, 3.63) is 64.2 Å². The molecule has 0 bridgehead atoms. The Morgan fingerprint density at radius 1 is 1.25 bits per heavy atom. The highest BCUT2D eigenvalue weighted by atomic mass is 32.2. The van der Waals surface area contributed by atoms with E-state index < -0.39 is 14.8 Å². The van der Waals surface area contributed by atoms with Crippen LogP contribution in [0.15, 0.2) is 53.4 Å². The van der Waals surface area contributed by atoms with Gasteiger partial charge in [0, 0.05) is 38.5 Å². The molecule has 0 radical (unpaired) electrons. The Labute approximate surface area is 164 Å². The topological polar surface area (TPSA) is 102 Å². The van der Waals surface area contributed by atoms with E-state index >= 15 is 0 Å². The Morgan fingerprint density at radius 3 is 2.68 bits per heavy atom. The van der Waals surface area contributed by atoms with Crippen molar-refractivity contribution in [2.45, 2.75) is 17.5 Å². The summed E-state index contributed by atoms with van der Waals surface area (Å²) < 4.78 is 29.1. The minimum atomic E-state index is -3.51. The van der Waals surface area contributed by atoms with E-state index in [9.17, 15) is 18.5 Å². The molecule has 0 amide bonds. The third kappa shape index (κ3) is 5.28. The number of benzene rings is 2. The Balaban J connectivity index is 1.64. The predicted octanol–water partition coefficient (Wildman–Crippen LogP) is 2.31. The van der Waals surface area contributed by atoms with Gasteiger partial charge in [-0.3, -0.25) is 15.0 Å². The second-order valence-corrected chi connectivity index (χ2v) is 8.82. The van der Waals surface area contributed by atoms with E-state index in [4.69, 9.17) is 4.74 Å². The maximum absolute atomic E-state index is 11.6. The van der Waals surface area contributed by atoms with Gasteiger partial charge in [0.25, 0.3) is 5.69 Å². The molecule has 1 aliphatic rings. The number of nitro groups is 1. The molecule has 2 aromatic rings. The molecule has 9 heteroatoms. The van der Waals surface area contributed by atoms with Crippen LogP contribution in [0.1, 0.15) is 5.56 Å². The number of anilines is 1. The molecule has 8 nitrogen and oxygen atoms in total. The lowest BCUT2D eigenvalue weighted by molar-refractivity contribution is -0.384. The standard InChI is InChI=1S/C19H23N3O5S/c1-28(25,26)17-7-8-18(19(11-17)22(23)24)20-12-16-14-21(9-10-27-16)13-15-5-3-2-4-6-15/h2-8,11,16,20H,9-10,12-14H2,1H3. The van der Waals surface area contributed by atoms with Gasteiger partial charge >= 0.3 is 0 Å². The van der Waals surface area contributed by atoms with Gasteiger partial charge < -0.3 is 10.1 Å². The summed E-state index contributed by atoms with van der Waals surface area (Å²) in [7, 11) is -3.51. The fraction of sp³-hybridized carbons (Fsp3) is 0.368. The summed E-state index contributed by atoms with van der Waals surface area (Å²) in [6.45, 7) is 3.34. The molecule has 1 N–H and O–H groups in total. The molecule has 1 saturated heterocycles. The third-order valence-corrected chi connectivity index (χ3v) is 5.70. The minimum absolute atomic E-state index is 0.0762. The Morgan fingerprint density at radius 2 is 2.00 bits per heavy atom. The summed E-state index contributed by atoms with van der Waals surface area (Å²) in [5, 5.41) is 14.4. The first-order valence-corrected chi connectivity index (χ1v) is 10.8. The lowest BCUT2D eigenvalue weighted by Gasteiger charge is -2.33. The second kappa shape index (κ2) is 8.68. The Kier molecular flexibility index (Phi) is 6.28. The molecule has 1 aliphatic heterocycles. The quantitative estimate of drug-likeness (QED) is 0.557. The molecular formula is C19H23N3O5S. The summed E-state index contributed by atoms with van der Waals surface area (Å²) >= 11 is 0. The molecule has 0 spiro atoms. The fourth-order valence-corrected chi connectivity index (χ4v) is 3.80. The van der Waals surface area contributed by atoms with Crippen molar-refractivity contribution in [3.63, 3.8) is 0 Å². The normalized spacial score (nSPS) is 18.0. The highest BCUT2D eigenvalue weighted by molar-refractivity contribution is 7.90. The molecule has 0 aromatic heterocycles. The van der Waals surface area contributed by atoms with E-state index in [-0.39, 0.29) is 22.4 Å². The zero-order valence-corrected chi connectivity index (χ0v) is 16.4. The van der Waals surface area contributed by atoms with Crippen LogP contribution >= 0.6 is 0 Å². The van der Waals surface area contributed by atoms with Gasteiger partial charge in [-0.1, -0.05) is 30.3 Å². The lowest BCUT2D eigenvalue weighted by Crippen LogP contribution is -2.44. The van der Waals surface area contributed by atoms with Crippen LogP contribution in [0, 0.1) is 10.1 Å². The van der Waals surface area contributed by atoms with Gasteiger partial charge in [0.2, 0.25) is 0 Å². The summed E-state index contributed by atoms with van der Waals surface area (Å²) in [5.41, 5.74) is 1.24. The smallest absolute Gasteiger partial charge is 0.293 e. The lowest BCUT2D eigenvalue weighted by atomic mass is 10.2. The first kappa shape index (κ1) is 20.2. The van der Waals surface area contributed by atoms with E-state index in [0.29, 0.717) is 19.7 Å². The van der Waals surface area contributed by atoms with Gasteiger partial charge in [-0.15, -0.1) is 0 Å². The fourth-order valence-electron chi connectivity index (χ4n) is 3.16. The van der Waals surface area contributed by atoms with Crippen molar-refractivity contribution in [2.24, 2.45) is 0 Å². The number of rotatable bonds is 7.